The first-order valence-corrected chi connectivity index (χ1v) is 9.68. The van der Waals surface area contributed by atoms with Crippen LogP contribution in [0.2, 0.25) is 0 Å². The minimum atomic E-state index is -0.0675. The number of hydrogen-bond acceptors (Lipinski definition) is 5. The summed E-state index contributed by atoms with van der Waals surface area (Å²) in [5, 5.41) is 6.89. The Morgan fingerprint density at radius 2 is 2.25 bits per heavy atom. The molecule has 2 aromatic rings. The summed E-state index contributed by atoms with van der Waals surface area (Å²) in [5.41, 5.74) is 1.96. The third kappa shape index (κ3) is 3.96. The molecule has 2 atom stereocenters. The van der Waals surface area contributed by atoms with E-state index in [0.29, 0.717) is 19.5 Å². The maximum atomic E-state index is 12.4. The third-order valence-corrected chi connectivity index (χ3v) is 5.94. The van der Waals surface area contributed by atoms with Crippen molar-refractivity contribution in [1.82, 2.24) is 15.2 Å². The molecule has 1 aliphatic rings. The van der Waals surface area contributed by atoms with Gasteiger partial charge >= 0.3 is 0 Å². The van der Waals surface area contributed by atoms with E-state index in [0.717, 1.165) is 11.3 Å². The number of amides is 2. The van der Waals surface area contributed by atoms with Crippen molar-refractivity contribution in [3.63, 3.8) is 0 Å². The molecule has 1 N–H and O–H groups in total. The molecular weight excluding hydrogens is 342 g/mol. The van der Waals surface area contributed by atoms with Crippen LogP contribution in [-0.2, 0) is 16.1 Å². The van der Waals surface area contributed by atoms with Crippen LogP contribution < -0.4 is 5.32 Å². The Hall–Kier alpha value is -1.86. The van der Waals surface area contributed by atoms with Gasteiger partial charge in [-0.3, -0.25) is 14.6 Å². The molecule has 0 bridgehead atoms. The Kier molecular flexibility index (Phi) is 5.52. The maximum absolute atomic E-state index is 12.4. The van der Waals surface area contributed by atoms with Crippen molar-refractivity contribution in [2.45, 2.75) is 30.5 Å². The summed E-state index contributed by atoms with van der Waals surface area (Å²) < 4.78 is 0. The van der Waals surface area contributed by atoms with Gasteiger partial charge in [-0.15, -0.1) is 11.8 Å². The number of carbonyl (C=O) groups excluding carboxylic acids is 2. The minimum Gasteiger partial charge on any atom is -0.350 e. The highest BCUT2D eigenvalue weighted by molar-refractivity contribution is 8.01. The monoisotopic (exact) mass is 361 g/mol. The molecular formula is C17H19N3O2S2. The van der Waals surface area contributed by atoms with E-state index < -0.39 is 0 Å². The van der Waals surface area contributed by atoms with E-state index in [1.807, 2.05) is 41.5 Å². The van der Waals surface area contributed by atoms with Crippen LogP contribution in [0.4, 0.5) is 0 Å². The number of thioether (sulfide) groups is 1. The number of rotatable bonds is 6. The molecule has 7 heteroatoms. The molecule has 0 spiro atoms. The van der Waals surface area contributed by atoms with Gasteiger partial charge in [0.15, 0.2) is 0 Å². The lowest BCUT2D eigenvalue weighted by Crippen LogP contribution is -2.34. The second kappa shape index (κ2) is 7.81. The van der Waals surface area contributed by atoms with E-state index in [4.69, 9.17) is 0 Å². The van der Waals surface area contributed by atoms with Gasteiger partial charge in [0.2, 0.25) is 11.8 Å². The van der Waals surface area contributed by atoms with E-state index in [1.54, 1.807) is 29.3 Å². The lowest BCUT2D eigenvalue weighted by Gasteiger charge is -2.23. The molecule has 0 aromatic carbocycles. The van der Waals surface area contributed by atoms with Gasteiger partial charge in [-0.2, -0.15) is 11.3 Å². The molecule has 3 heterocycles. The van der Waals surface area contributed by atoms with Crippen molar-refractivity contribution in [3.05, 3.63) is 52.5 Å². The van der Waals surface area contributed by atoms with Crippen LogP contribution in [0.1, 0.15) is 30.0 Å². The number of hydrogen-bond donors (Lipinski definition) is 1. The van der Waals surface area contributed by atoms with Gasteiger partial charge in [-0.05, 0) is 41.4 Å². The lowest BCUT2D eigenvalue weighted by molar-refractivity contribution is -0.130. The average molecular weight is 361 g/mol. The Labute approximate surface area is 149 Å². The van der Waals surface area contributed by atoms with Gasteiger partial charge < -0.3 is 10.2 Å². The highest BCUT2D eigenvalue weighted by Gasteiger charge is 2.38. The zero-order chi connectivity index (χ0) is 16.9. The fourth-order valence-corrected chi connectivity index (χ4v) is 4.64. The molecule has 0 aliphatic carbocycles. The Morgan fingerprint density at radius 1 is 1.38 bits per heavy atom. The zero-order valence-corrected chi connectivity index (χ0v) is 15.0. The summed E-state index contributed by atoms with van der Waals surface area (Å²) in [6, 6.07) is 7.65. The molecule has 24 heavy (non-hydrogen) atoms. The Balaban J connectivity index is 1.54. The SMILES string of the molecule is CC1SC(c2ccsc2)N(CCC(=O)NCc2ccccn2)C1=O. The molecule has 3 rings (SSSR count). The molecule has 2 amide bonds. The Morgan fingerprint density at radius 3 is 2.96 bits per heavy atom. The maximum Gasteiger partial charge on any atom is 0.236 e. The van der Waals surface area contributed by atoms with Gasteiger partial charge in [0.25, 0.3) is 0 Å². The molecule has 5 nitrogen and oxygen atoms in total. The topological polar surface area (TPSA) is 62.3 Å². The van der Waals surface area contributed by atoms with Gasteiger partial charge in [0.05, 0.1) is 17.5 Å². The fourth-order valence-electron chi connectivity index (χ4n) is 2.58. The number of nitrogens with one attached hydrogen (secondary N) is 1. The minimum absolute atomic E-state index is 0.0161. The highest BCUT2D eigenvalue weighted by Crippen LogP contribution is 2.43. The van der Waals surface area contributed by atoms with Crippen LogP contribution in [0.15, 0.2) is 41.2 Å². The molecule has 1 aliphatic heterocycles. The standard InChI is InChI=1S/C17H19N3O2S2/c1-12-16(22)20(17(24-12)13-6-9-23-11-13)8-5-15(21)19-10-14-4-2-3-7-18-14/h2-4,6-7,9,11-12,17H,5,8,10H2,1H3,(H,19,21). The van der Waals surface area contributed by atoms with Crippen molar-refractivity contribution in [2.75, 3.05) is 6.54 Å². The average Bonchev–Trinajstić information content (AvgIpc) is 3.22. The number of aromatic nitrogens is 1. The van der Waals surface area contributed by atoms with E-state index in [-0.39, 0.29) is 22.4 Å². The van der Waals surface area contributed by atoms with Crippen LogP contribution in [-0.4, -0.2) is 33.5 Å². The van der Waals surface area contributed by atoms with Crippen LogP contribution in [0, 0.1) is 0 Å². The molecule has 0 radical (unpaired) electrons. The molecule has 2 aromatic heterocycles. The first kappa shape index (κ1) is 17.0. The predicted molar refractivity (Wildman–Crippen MR) is 96.5 cm³/mol. The number of carbonyl (C=O) groups is 2. The first-order chi connectivity index (χ1) is 11.6. The first-order valence-electron chi connectivity index (χ1n) is 7.80. The highest BCUT2D eigenvalue weighted by atomic mass is 32.2. The van der Waals surface area contributed by atoms with Crippen LogP contribution >= 0.6 is 23.1 Å². The van der Waals surface area contributed by atoms with Crippen molar-refractivity contribution in [2.24, 2.45) is 0 Å². The Bertz CT molecular complexity index is 691. The summed E-state index contributed by atoms with van der Waals surface area (Å²) in [5.74, 6) is 0.0378. The van der Waals surface area contributed by atoms with Crippen LogP contribution in [0.3, 0.4) is 0 Å². The fraction of sp³-hybridized carbons (Fsp3) is 0.353. The number of nitrogens with zero attached hydrogens (tertiary/aromatic N) is 2. The van der Waals surface area contributed by atoms with Crippen molar-refractivity contribution in [3.8, 4) is 0 Å². The number of thiophene rings is 1. The van der Waals surface area contributed by atoms with Crippen molar-refractivity contribution < 1.29 is 9.59 Å². The van der Waals surface area contributed by atoms with E-state index in [9.17, 15) is 9.59 Å². The second-order valence-electron chi connectivity index (χ2n) is 5.57. The molecule has 1 saturated heterocycles. The van der Waals surface area contributed by atoms with Gasteiger partial charge in [0.1, 0.15) is 5.37 Å². The van der Waals surface area contributed by atoms with Crippen molar-refractivity contribution >= 4 is 34.9 Å². The second-order valence-corrected chi connectivity index (χ2v) is 7.77. The lowest BCUT2D eigenvalue weighted by atomic mass is 10.2. The summed E-state index contributed by atoms with van der Waals surface area (Å²) in [4.78, 5) is 30.4. The number of pyridine rings is 1. The zero-order valence-electron chi connectivity index (χ0n) is 13.3. The molecule has 1 fully saturated rings. The van der Waals surface area contributed by atoms with E-state index in [1.165, 1.54) is 0 Å². The molecule has 126 valence electrons. The third-order valence-electron chi connectivity index (χ3n) is 3.85. The smallest absolute Gasteiger partial charge is 0.236 e. The molecule has 0 saturated carbocycles. The summed E-state index contributed by atoms with van der Waals surface area (Å²) >= 11 is 3.27. The molecule has 2 unspecified atom stereocenters. The van der Waals surface area contributed by atoms with Crippen LogP contribution in [0.25, 0.3) is 0 Å². The predicted octanol–water partition coefficient (Wildman–Crippen LogP) is 2.81. The summed E-state index contributed by atoms with van der Waals surface area (Å²) in [7, 11) is 0. The summed E-state index contributed by atoms with van der Waals surface area (Å²) in [6.45, 7) is 2.77. The van der Waals surface area contributed by atoms with Gasteiger partial charge in [-0.1, -0.05) is 6.07 Å². The van der Waals surface area contributed by atoms with Crippen molar-refractivity contribution in [1.29, 1.82) is 0 Å². The van der Waals surface area contributed by atoms with E-state index in [2.05, 4.69) is 15.7 Å². The van der Waals surface area contributed by atoms with Crippen LogP contribution in [0.5, 0.6) is 0 Å². The van der Waals surface area contributed by atoms with Gasteiger partial charge in [0, 0.05) is 19.2 Å². The largest absolute Gasteiger partial charge is 0.350 e. The quantitative estimate of drug-likeness (QED) is 0.859. The van der Waals surface area contributed by atoms with E-state index >= 15 is 0 Å². The van der Waals surface area contributed by atoms with Gasteiger partial charge in [-0.25, -0.2) is 0 Å². The normalized spacial score (nSPS) is 20.4. The summed E-state index contributed by atoms with van der Waals surface area (Å²) in [6.07, 6.45) is 2.00.